The van der Waals surface area contributed by atoms with Crippen molar-refractivity contribution in [1.82, 2.24) is 16.0 Å². The summed E-state index contributed by atoms with van der Waals surface area (Å²) in [6, 6.07) is 3.95. The molecular weight excluding hydrogens is 404 g/mol. The lowest BCUT2D eigenvalue weighted by Crippen LogP contribution is -2.56. The SMILES string of the molecule is CC[C@H](C)[C@H](NC(=O)[C@H](Cc1ccccc1[N+](=O)[O-])NC(=O)OC(C)(C)C)C(=O)NC. The number of nitro groups is 1. The average molecular weight is 437 g/mol. The Hall–Kier alpha value is -3.17. The zero-order chi connectivity index (χ0) is 23.8. The number of likely N-dealkylation sites (N-methyl/N-ethyl adjacent to an activating group) is 1. The van der Waals surface area contributed by atoms with Crippen molar-refractivity contribution >= 4 is 23.6 Å². The van der Waals surface area contributed by atoms with E-state index in [1.54, 1.807) is 26.8 Å². The third kappa shape index (κ3) is 8.23. The zero-order valence-electron chi connectivity index (χ0n) is 18.9. The number of rotatable bonds is 9. The molecule has 0 unspecified atom stereocenters. The lowest BCUT2D eigenvalue weighted by atomic mass is 9.97. The van der Waals surface area contributed by atoms with Gasteiger partial charge in [-0.1, -0.05) is 38.5 Å². The molecule has 0 saturated heterocycles. The van der Waals surface area contributed by atoms with Crippen molar-refractivity contribution in [3.05, 3.63) is 39.9 Å². The highest BCUT2D eigenvalue weighted by Gasteiger charge is 2.31. The van der Waals surface area contributed by atoms with E-state index >= 15 is 0 Å². The van der Waals surface area contributed by atoms with Crippen molar-refractivity contribution in [3.63, 3.8) is 0 Å². The van der Waals surface area contributed by atoms with Crippen LogP contribution in [0.4, 0.5) is 10.5 Å². The minimum Gasteiger partial charge on any atom is -0.444 e. The van der Waals surface area contributed by atoms with Crippen molar-refractivity contribution < 1.29 is 24.0 Å². The van der Waals surface area contributed by atoms with Gasteiger partial charge in [0.1, 0.15) is 17.7 Å². The van der Waals surface area contributed by atoms with Crippen LogP contribution in [0.3, 0.4) is 0 Å². The van der Waals surface area contributed by atoms with Crippen LogP contribution in [0.1, 0.15) is 46.6 Å². The van der Waals surface area contributed by atoms with Gasteiger partial charge in [-0.25, -0.2) is 4.79 Å². The maximum Gasteiger partial charge on any atom is 0.408 e. The molecule has 10 heteroatoms. The normalized spacial score (nSPS) is 14.0. The molecule has 0 fully saturated rings. The second-order valence-corrected chi connectivity index (χ2v) is 8.27. The van der Waals surface area contributed by atoms with Crippen LogP contribution in [0.15, 0.2) is 24.3 Å². The summed E-state index contributed by atoms with van der Waals surface area (Å²) in [5.74, 6) is -1.18. The number of hydrogen-bond acceptors (Lipinski definition) is 6. The highest BCUT2D eigenvalue weighted by molar-refractivity contribution is 5.91. The second kappa shape index (κ2) is 11.3. The van der Waals surface area contributed by atoms with Crippen LogP contribution in [0, 0.1) is 16.0 Å². The van der Waals surface area contributed by atoms with Gasteiger partial charge in [-0.05, 0) is 26.7 Å². The van der Waals surface area contributed by atoms with Gasteiger partial charge in [-0.2, -0.15) is 0 Å². The molecule has 0 radical (unpaired) electrons. The first-order chi connectivity index (χ1) is 14.4. The molecule has 10 nitrogen and oxygen atoms in total. The summed E-state index contributed by atoms with van der Waals surface area (Å²) >= 11 is 0. The van der Waals surface area contributed by atoms with Gasteiger partial charge in [-0.3, -0.25) is 19.7 Å². The number of carbonyl (C=O) groups excluding carboxylic acids is 3. The fourth-order valence-electron chi connectivity index (χ4n) is 2.85. The van der Waals surface area contributed by atoms with E-state index in [1.165, 1.54) is 25.2 Å². The minimum atomic E-state index is -1.19. The molecule has 31 heavy (non-hydrogen) atoms. The highest BCUT2D eigenvalue weighted by atomic mass is 16.6. The van der Waals surface area contributed by atoms with Crippen molar-refractivity contribution in [2.24, 2.45) is 5.92 Å². The fraction of sp³-hybridized carbons (Fsp3) is 0.571. The Labute approximate surface area is 182 Å². The molecule has 1 aromatic carbocycles. The standard InChI is InChI=1S/C21H32N4O6/c1-7-13(2)17(19(27)22-6)24-18(26)15(23-20(28)31-21(3,4)5)12-14-10-8-9-11-16(14)25(29)30/h8-11,13,15,17H,7,12H2,1-6H3,(H,22,27)(H,23,28)(H,24,26)/t13-,15-,17-/m0/s1. The average Bonchev–Trinajstić information content (AvgIpc) is 2.68. The molecular formula is C21H32N4O6. The number of carbonyl (C=O) groups is 3. The van der Waals surface area contributed by atoms with Crippen LogP contribution in [-0.2, 0) is 20.7 Å². The summed E-state index contributed by atoms with van der Waals surface area (Å²) in [7, 11) is 1.47. The summed E-state index contributed by atoms with van der Waals surface area (Å²) in [5, 5.41) is 19.0. The molecule has 172 valence electrons. The Morgan fingerprint density at radius 1 is 1.13 bits per heavy atom. The van der Waals surface area contributed by atoms with Crippen molar-refractivity contribution in [2.75, 3.05) is 7.05 Å². The highest BCUT2D eigenvalue weighted by Crippen LogP contribution is 2.20. The first-order valence-electron chi connectivity index (χ1n) is 10.1. The summed E-state index contributed by atoms with van der Waals surface area (Å²) < 4.78 is 5.23. The largest absolute Gasteiger partial charge is 0.444 e. The van der Waals surface area contributed by atoms with E-state index in [4.69, 9.17) is 4.74 Å². The molecule has 3 atom stereocenters. The molecule has 1 aromatic rings. The van der Waals surface area contributed by atoms with Gasteiger partial charge >= 0.3 is 6.09 Å². The molecule has 0 aliphatic carbocycles. The van der Waals surface area contributed by atoms with Gasteiger partial charge in [0.2, 0.25) is 11.8 Å². The van der Waals surface area contributed by atoms with Gasteiger partial charge in [0.05, 0.1) is 4.92 Å². The quantitative estimate of drug-likeness (QED) is 0.401. The molecule has 0 heterocycles. The summed E-state index contributed by atoms with van der Waals surface area (Å²) in [6.07, 6.45) is -0.359. The van der Waals surface area contributed by atoms with Crippen LogP contribution in [-0.4, -0.2) is 47.6 Å². The zero-order valence-corrected chi connectivity index (χ0v) is 18.9. The Balaban J connectivity index is 3.19. The van der Waals surface area contributed by atoms with Gasteiger partial charge in [-0.15, -0.1) is 0 Å². The van der Waals surface area contributed by atoms with E-state index in [-0.39, 0.29) is 29.5 Å². The first-order valence-corrected chi connectivity index (χ1v) is 10.1. The van der Waals surface area contributed by atoms with Crippen LogP contribution in [0.5, 0.6) is 0 Å². The lowest BCUT2D eigenvalue weighted by molar-refractivity contribution is -0.385. The van der Waals surface area contributed by atoms with Gasteiger partial charge in [0, 0.05) is 25.1 Å². The summed E-state index contributed by atoms with van der Waals surface area (Å²) in [5.41, 5.74) is -0.703. The van der Waals surface area contributed by atoms with Crippen molar-refractivity contribution in [1.29, 1.82) is 0 Å². The summed E-state index contributed by atoms with van der Waals surface area (Å²) in [6.45, 7) is 8.73. The number of nitrogens with one attached hydrogen (secondary N) is 3. The van der Waals surface area contributed by atoms with E-state index in [1.807, 2.05) is 13.8 Å². The molecule has 0 saturated carbocycles. The van der Waals surface area contributed by atoms with Crippen molar-refractivity contribution in [3.8, 4) is 0 Å². The van der Waals surface area contributed by atoms with Gasteiger partial charge in [0.25, 0.3) is 5.69 Å². The van der Waals surface area contributed by atoms with E-state index in [2.05, 4.69) is 16.0 Å². The molecule has 1 rings (SSSR count). The number of amides is 3. The number of para-hydroxylation sites is 1. The molecule has 3 N–H and O–H groups in total. The van der Waals surface area contributed by atoms with E-state index in [9.17, 15) is 24.5 Å². The predicted molar refractivity (Wildman–Crippen MR) is 115 cm³/mol. The number of ether oxygens (including phenoxy) is 1. The smallest absolute Gasteiger partial charge is 0.408 e. The molecule has 0 aliphatic rings. The van der Waals surface area contributed by atoms with Gasteiger partial charge < -0.3 is 20.7 Å². The minimum absolute atomic E-state index is 0.150. The molecule has 0 aliphatic heterocycles. The lowest BCUT2D eigenvalue weighted by Gasteiger charge is -2.27. The topological polar surface area (TPSA) is 140 Å². The number of benzene rings is 1. The first kappa shape index (κ1) is 25.9. The fourth-order valence-corrected chi connectivity index (χ4v) is 2.85. The van der Waals surface area contributed by atoms with E-state index < -0.39 is 34.6 Å². The molecule has 0 spiro atoms. The maximum absolute atomic E-state index is 13.0. The third-order valence-electron chi connectivity index (χ3n) is 4.66. The number of nitrogens with zero attached hydrogens (tertiary/aromatic N) is 1. The Kier molecular flexibility index (Phi) is 9.41. The van der Waals surface area contributed by atoms with Crippen LogP contribution in [0.2, 0.25) is 0 Å². The number of hydrogen-bond donors (Lipinski definition) is 3. The Morgan fingerprint density at radius 3 is 2.26 bits per heavy atom. The predicted octanol–water partition coefficient (Wildman–Crippen LogP) is 2.31. The third-order valence-corrected chi connectivity index (χ3v) is 4.66. The summed E-state index contributed by atoms with van der Waals surface area (Å²) in [4.78, 5) is 48.4. The van der Waals surface area contributed by atoms with Crippen LogP contribution >= 0.6 is 0 Å². The molecule has 0 bridgehead atoms. The number of nitro benzene ring substituents is 1. The Bertz CT molecular complexity index is 805. The van der Waals surface area contributed by atoms with Gasteiger partial charge in [0.15, 0.2) is 0 Å². The van der Waals surface area contributed by atoms with Crippen LogP contribution < -0.4 is 16.0 Å². The molecule has 0 aromatic heterocycles. The molecule has 3 amide bonds. The van der Waals surface area contributed by atoms with E-state index in [0.717, 1.165) is 0 Å². The monoisotopic (exact) mass is 436 g/mol. The maximum atomic E-state index is 13.0. The van der Waals surface area contributed by atoms with Crippen molar-refractivity contribution in [2.45, 2.75) is 65.1 Å². The van der Waals surface area contributed by atoms with E-state index in [0.29, 0.717) is 6.42 Å². The second-order valence-electron chi connectivity index (χ2n) is 8.27. The number of alkyl carbamates (subject to hydrolysis) is 1. The van der Waals surface area contributed by atoms with Crippen LogP contribution in [0.25, 0.3) is 0 Å². The Morgan fingerprint density at radius 2 is 1.74 bits per heavy atom.